The Kier molecular flexibility index (Phi) is 2.99. The lowest BCUT2D eigenvalue weighted by Gasteiger charge is -2.11. The summed E-state index contributed by atoms with van der Waals surface area (Å²) in [5.41, 5.74) is 0.580. The minimum atomic E-state index is 0.00444. The Morgan fingerprint density at radius 2 is 2.12 bits per heavy atom. The van der Waals surface area contributed by atoms with Crippen molar-refractivity contribution < 1.29 is 19.4 Å². The number of hydrogen-bond donors (Lipinski definition) is 1. The van der Waals surface area contributed by atoms with Gasteiger partial charge in [0.25, 0.3) is 0 Å². The third-order valence-corrected chi connectivity index (χ3v) is 2.41. The summed E-state index contributed by atoms with van der Waals surface area (Å²) in [6.07, 6.45) is 0.999. The van der Waals surface area contributed by atoms with E-state index in [0.29, 0.717) is 30.3 Å². The largest absolute Gasteiger partial charge is 0.504 e. The molecule has 0 aliphatic carbocycles. The Labute approximate surface area is 93.8 Å². The van der Waals surface area contributed by atoms with Crippen LogP contribution in [-0.2, 0) is 11.2 Å². The second-order valence-electron chi connectivity index (χ2n) is 3.83. The monoisotopic (exact) mass is 222 g/mol. The molecule has 0 fully saturated rings. The second kappa shape index (κ2) is 4.43. The minimum Gasteiger partial charge on any atom is -0.504 e. The number of phenols is 1. The summed E-state index contributed by atoms with van der Waals surface area (Å²) in [5.74, 6) is 0.929. The molecule has 0 atom stereocenters. The number of benzene rings is 1. The summed E-state index contributed by atoms with van der Waals surface area (Å²) in [4.78, 5) is 11.0. The number of Topliss-reactive ketones (excluding diaryl/α,β-unsaturated/α-hetero) is 1. The smallest absolute Gasteiger partial charge is 0.203 e. The summed E-state index contributed by atoms with van der Waals surface area (Å²) in [6, 6.07) is 3.43. The van der Waals surface area contributed by atoms with E-state index in [9.17, 15) is 9.90 Å². The Morgan fingerprint density at radius 3 is 2.88 bits per heavy atom. The van der Waals surface area contributed by atoms with Crippen LogP contribution in [0.15, 0.2) is 12.1 Å². The van der Waals surface area contributed by atoms with Gasteiger partial charge in [0.05, 0.1) is 13.2 Å². The van der Waals surface area contributed by atoms with Gasteiger partial charge in [0.1, 0.15) is 5.78 Å². The first-order valence-electron chi connectivity index (χ1n) is 5.28. The topological polar surface area (TPSA) is 55.8 Å². The molecule has 2 rings (SSSR count). The number of carbonyl (C=O) groups is 1. The number of phenolic OH excluding ortho intramolecular Hbond substituents is 1. The second-order valence-corrected chi connectivity index (χ2v) is 3.83. The quantitative estimate of drug-likeness (QED) is 0.827. The summed E-state index contributed by atoms with van der Waals surface area (Å²) < 4.78 is 10.8. The zero-order valence-electron chi connectivity index (χ0n) is 9.16. The molecule has 0 spiro atoms. The SMILES string of the molecule is CC(=O)Cc1ccc2c(c1O)OCCCO2. The van der Waals surface area contributed by atoms with E-state index in [1.807, 2.05) is 0 Å². The zero-order valence-corrected chi connectivity index (χ0v) is 9.16. The van der Waals surface area contributed by atoms with Crippen molar-refractivity contribution in [2.75, 3.05) is 13.2 Å². The van der Waals surface area contributed by atoms with Gasteiger partial charge in [-0.15, -0.1) is 0 Å². The van der Waals surface area contributed by atoms with E-state index >= 15 is 0 Å². The van der Waals surface area contributed by atoms with Gasteiger partial charge in [0, 0.05) is 18.4 Å². The maximum atomic E-state index is 11.0. The number of rotatable bonds is 2. The van der Waals surface area contributed by atoms with Crippen molar-refractivity contribution in [2.45, 2.75) is 19.8 Å². The summed E-state index contributed by atoms with van der Waals surface area (Å²) in [7, 11) is 0. The zero-order chi connectivity index (χ0) is 11.5. The van der Waals surface area contributed by atoms with Crippen molar-refractivity contribution in [3.8, 4) is 17.2 Å². The molecule has 1 N–H and O–H groups in total. The summed E-state index contributed by atoms with van der Waals surface area (Å²) in [5, 5.41) is 9.95. The maximum Gasteiger partial charge on any atom is 0.203 e. The van der Waals surface area contributed by atoms with Crippen LogP contribution in [-0.4, -0.2) is 24.1 Å². The number of fused-ring (bicyclic) bond motifs is 1. The van der Waals surface area contributed by atoms with Crippen LogP contribution in [0.2, 0.25) is 0 Å². The lowest BCUT2D eigenvalue weighted by molar-refractivity contribution is -0.116. The van der Waals surface area contributed by atoms with E-state index in [1.54, 1.807) is 12.1 Å². The van der Waals surface area contributed by atoms with Crippen LogP contribution in [0.1, 0.15) is 18.9 Å². The fraction of sp³-hybridized carbons (Fsp3) is 0.417. The standard InChI is InChI=1S/C12H14O4/c1-8(13)7-9-3-4-10-12(11(9)14)16-6-2-5-15-10/h3-4,14H,2,5-7H2,1H3. The van der Waals surface area contributed by atoms with Crippen molar-refractivity contribution in [3.63, 3.8) is 0 Å². The van der Waals surface area contributed by atoms with Gasteiger partial charge in [-0.1, -0.05) is 6.07 Å². The molecule has 0 saturated heterocycles. The molecule has 86 valence electrons. The van der Waals surface area contributed by atoms with Crippen LogP contribution < -0.4 is 9.47 Å². The molecule has 0 aromatic heterocycles. The third-order valence-electron chi connectivity index (χ3n) is 2.41. The minimum absolute atomic E-state index is 0.00444. The van der Waals surface area contributed by atoms with Gasteiger partial charge < -0.3 is 14.6 Å². The van der Waals surface area contributed by atoms with Gasteiger partial charge in [-0.05, 0) is 13.0 Å². The molecule has 0 bridgehead atoms. The molecule has 1 heterocycles. The van der Waals surface area contributed by atoms with Gasteiger partial charge in [-0.3, -0.25) is 4.79 Å². The fourth-order valence-electron chi connectivity index (χ4n) is 1.67. The van der Waals surface area contributed by atoms with E-state index < -0.39 is 0 Å². The van der Waals surface area contributed by atoms with E-state index in [2.05, 4.69) is 0 Å². The van der Waals surface area contributed by atoms with Crippen molar-refractivity contribution in [1.82, 2.24) is 0 Å². The first kappa shape index (κ1) is 10.8. The van der Waals surface area contributed by atoms with Crippen LogP contribution in [0, 0.1) is 0 Å². The van der Waals surface area contributed by atoms with Gasteiger partial charge in [0.2, 0.25) is 5.75 Å². The van der Waals surface area contributed by atoms with Gasteiger partial charge in [-0.25, -0.2) is 0 Å². The Morgan fingerprint density at radius 1 is 1.38 bits per heavy atom. The van der Waals surface area contributed by atoms with Crippen molar-refractivity contribution in [1.29, 1.82) is 0 Å². The highest BCUT2D eigenvalue weighted by Crippen LogP contribution is 2.40. The first-order valence-corrected chi connectivity index (χ1v) is 5.28. The predicted octanol–water partition coefficient (Wildman–Crippen LogP) is 1.68. The first-order chi connectivity index (χ1) is 7.68. The van der Waals surface area contributed by atoms with Crippen molar-refractivity contribution >= 4 is 5.78 Å². The maximum absolute atomic E-state index is 11.0. The average molecular weight is 222 g/mol. The molecular formula is C12H14O4. The molecule has 1 aliphatic rings. The molecule has 4 heteroatoms. The van der Waals surface area contributed by atoms with E-state index in [1.165, 1.54) is 6.92 Å². The number of ketones is 1. The van der Waals surface area contributed by atoms with Gasteiger partial charge >= 0.3 is 0 Å². The number of aromatic hydroxyl groups is 1. The third kappa shape index (κ3) is 2.10. The van der Waals surface area contributed by atoms with Gasteiger partial charge in [-0.2, -0.15) is 0 Å². The van der Waals surface area contributed by atoms with E-state index in [0.717, 1.165) is 6.42 Å². The highest BCUT2D eigenvalue weighted by atomic mass is 16.5. The molecule has 1 aromatic carbocycles. The van der Waals surface area contributed by atoms with Crippen molar-refractivity contribution in [2.24, 2.45) is 0 Å². The van der Waals surface area contributed by atoms with Crippen LogP contribution in [0.5, 0.6) is 17.2 Å². The molecule has 1 aromatic rings. The lowest BCUT2D eigenvalue weighted by Crippen LogP contribution is -1.99. The molecule has 16 heavy (non-hydrogen) atoms. The Bertz CT molecular complexity index is 412. The number of carbonyl (C=O) groups excluding carboxylic acids is 1. The predicted molar refractivity (Wildman–Crippen MR) is 58.1 cm³/mol. The molecule has 0 amide bonds. The Balaban J connectivity index is 2.37. The van der Waals surface area contributed by atoms with E-state index in [-0.39, 0.29) is 18.0 Å². The van der Waals surface area contributed by atoms with Crippen LogP contribution in [0.3, 0.4) is 0 Å². The van der Waals surface area contributed by atoms with Gasteiger partial charge in [0.15, 0.2) is 11.5 Å². The molecule has 1 aliphatic heterocycles. The molecule has 0 radical (unpaired) electrons. The van der Waals surface area contributed by atoms with Crippen LogP contribution >= 0.6 is 0 Å². The molecular weight excluding hydrogens is 208 g/mol. The molecule has 0 saturated carbocycles. The lowest BCUT2D eigenvalue weighted by atomic mass is 10.1. The number of hydrogen-bond acceptors (Lipinski definition) is 4. The van der Waals surface area contributed by atoms with Crippen LogP contribution in [0.25, 0.3) is 0 Å². The van der Waals surface area contributed by atoms with E-state index in [4.69, 9.17) is 9.47 Å². The molecule has 4 nitrogen and oxygen atoms in total. The average Bonchev–Trinajstić information content (AvgIpc) is 2.47. The highest BCUT2D eigenvalue weighted by molar-refractivity contribution is 5.79. The molecule has 0 unspecified atom stereocenters. The van der Waals surface area contributed by atoms with Crippen LogP contribution in [0.4, 0.5) is 0 Å². The number of ether oxygens (including phenoxy) is 2. The summed E-state index contributed by atoms with van der Waals surface area (Å²) >= 11 is 0. The highest BCUT2D eigenvalue weighted by Gasteiger charge is 2.18. The van der Waals surface area contributed by atoms with Crippen molar-refractivity contribution in [3.05, 3.63) is 17.7 Å². The normalized spacial score (nSPS) is 14.3. The Hall–Kier alpha value is -1.71. The fourth-order valence-corrected chi connectivity index (χ4v) is 1.67. The summed E-state index contributed by atoms with van der Waals surface area (Å²) in [6.45, 7) is 2.59.